The van der Waals surface area contributed by atoms with Crippen molar-refractivity contribution in [3.05, 3.63) is 35.9 Å². The molecular formula is C16H22N2O. The summed E-state index contributed by atoms with van der Waals surface area (Å²) in [6.07, 6.45) is 4.87. The highest BCUT2D eigenvalue weighted by Crippen LogP contribution is 2.36. The van der Waals surface area contributed by atoms with Crippen LogP contribution < -0.4 is 0 Å². The molecule has 3 heteroatoms. The summed E-state index contributed by atoms with van der Waals surface area (Å²) < 4.78 is 0. The van der Waals surface area contributed by atoms with E-state index in [1.165, 1.54) is 25.8 Å². The molecule has 2 aliphatic rings. The van der Waals surface area contributed by atoms with E-state index in [1.54, 1.807) is 0 Å². The smallest absolute Gasteiger partial charge is 0.253 e. The van der Waals surface area contributed by atoms with E-state index in [0.717, 1.165) is 25.1 Å². The Hall–Kier alpha value is -1.35. The van der Waals surface area contributed by atoms with Crippen molar-refractivity contribution in [2.45, 2.75) is 31.2 Å². The lowest BCUT2D eigenvalue weighted by molar-refractivity contribution is 0.0412. The maximum atomic E-state index is 12.6. The molecule has 0 aliphatic carbocycles. The molecule has 0 aromatic heterocycles. The maximum Gasteiger partial charge on any atom is 0.253 e. The van der Waals surface area contributed by atoms with Crippen LogP contribution in [-0.4, -0.2) is 47.9 Å². The van der Waals surface area contributed by atoms with Gasteiger partial charge in [-0.2, -0.15) is 0 Å². The number of amides is 1. The van der Waals surface area contributed by atoms with Gasteiger partial charge in [0, 0.05) is 24.2 Å². The van der Waals surface area contributed by atoms with Crippen LogP contribution in [0.25, 0.3) is 0 Å². The number of hydrogen-bond donors (Lipinski definition) is 0. The zero-order chi connectivity index (χ0) is 13.3. The maximum absolute atomic E-state index is 12.6. The van der Waals surface area contributed by atoms with Gasteiger partial charge in [-0.1, -0.05) is 18.2 Å². The number of benzene rings is 1. The molecule has 1 spiro atoms. The largest absolute Gasteiger partial charge is 0.337 e. The molecule has 3 nitrogen and oxygen atoms in total. The Bertz CT molecular complexity index is 459. The first-order chi connectivity index (χ1) is 9.21. The van der Waals surface area contributed by atoms with Crippen molar-refractivity contribution >= 4 is 5.91 Å². The van der Waals surface area contributed by atoms with Crippen LogP contribution in [0, 0.1) is 0 Å². The second kappa shape index (κ2) is 4.97. The third kappa shape index (κ3) is 2.27. The summed E-state index contributed by atoms with van der Waals surface area (Å²) in [6, 6.07) is 9.67. The zero-order valence-electron chi connectivity index (χ0n) is 11.6. The summed E-state index contributed by atoms with van der Waals surface area (Å²) in [5.74, 6) is 0.194. The van der Waals surface area contributed by atoms with Gasteiger partial charge >= 0.3 is 0 Å². The molecule has 1 aromatic rings. The monoisotopic (exact) mass is 258 g/mol. The third-order valence-electron chi connectivity index (χ3n) is 4.81. The van der Waals surface area contributed by atoms with Crippen molar-refractivity contribution in [3.8, 4) is 0 Å². The SMILES string of the molecule is CN1CCCC12CCCN(C(=O)c1ccccc1)C2. The van der Waals surface area contributed by atoms with E-state index in [-0.39, 0.29) is 11.4 Å². The van der Waals surface area contributed by atoms with Gasteiger partial charge in [0.15, 0.2) is 0 Å². The molecule has 1 unspecified atom stereocenters. The van der Waals surface area contributed by atoms with Crippen molar-refractivity contribution in [1.29, 1.82) is 0 Å². The van der Waals surface area contributed by atoms with Crippen LogP contribution >= 0.6 is 0 Å². The molecule has 3 rings (SSSR count). The van der Waals surface area contributed by atoms with Gasteiger partial charge in [-0.3, -0.25) is 9.69 Å². The van der Waals surface area contributed by atoms with Crippen LogP contribution in [0.4, 0.5) is 0 Å². The van der Waals surface area contributed by atoms with Crippen molar-refractivity contribution in [2.75, 3.05) is 26.7 Å². The van der Waals surface area contributed by atoms with Gasteiger partial charge < -0.3 is 4.90 Å². The Balaban J connectivity index is 1.77. The predicted octanol–water partition coefficient (Wildman–Crippen LogP) is 2.39. The van der Waals surface area contributed by atoms with Crippen molar-refractivity contribution in [1.82, 2.24) is 9.80 Å². The molecule has 2 saturated heterocycles. The lowest BCUT2D eigenvalue weighted by Crippen LogP contribution is -2.55. The van der Waals surface area contributed by atoms with Gasteiger partial charge in [-0.05, 0) is 51.4 Å². The molecule has 0 radical (unpaired) electrons. The fourth-order valence-corrected chi connectivity index (χ4v) is 3.64. The van der Waals surface area contributed by atoms with Gasteiger partial charge in [0.2, 0.25) is 0 Å². The molecular weight excluding hydrogens is 236 g/mol. The van der Waals surface area contributed by atoms with E-state index < -0.39 is 0 Å². The molecule has 1 amide bonds. The highest BCUT2D eigenvalue weighted by Gasteiger charge is 2.42. The number of rotatable bonds is 1. The zero-order valence-corrected chi connectivity index (χ0v) is 11.6. The van der Waals surface area contributed by atoms with Gasteiger partial charge in [0.25, 0.3) is 5.91 Å². The minimum Gasteiger partial charge on any atom is -0.337 e. The van der Waals surface area contributed by atoms with Crippen LogP contribution in [-0.2, 0) is 0 Å². The van der Waals surface area contributed by atoms with Crippen LogP contribution in [0.3, 0.4) is 0 Å². The topological polar surface area (TPSA) is 23.6 Å². The van der Waals surface area contributed by atoms with Crippen LogP contribution in [0.5, 0.6) is 0 Å². The molecule has 2 fully saturated rings. The second-order valence-electron chi connectivity index (χ2n) is 5.95. The van der Waals surface area contributed by atoms with E-state index >= 15 is 0 Å². The Kier molecular flexibility index (Phi) is 3.31. The summed E-state index contributed by atoms with van der Waals surface area (Å²) >= 11 is 0. The van der Waals surface area contributed by atoms with E-state index in [4.69, 9.17) is 0 Å². The first-order valence-corrected chi connectivity index (χ1v) is 7.27. The Morgan fingerprint density at radius 1 is 1.11 bits per heavy atom. The number of piperidine rings is 1. The summed E-state index contributed by atoms with van der Waals surface area (Å²) in [4.78, 5) is 17.1. The van der Waals surface area contributed by atoms with Gasteiger partial charge in [0.1, 0.15) is 0 Å². The number of likely N-dealkylation sites (tertiary alicyclic amines) is 2. The molecule has 0 bridgehead atoms. The normalized spacial score (nSPS) is 27.9. The number of carbonyl (C=O) groups excluding carboxylic acids is 1. The lowest BCUT2D eigenvalue weighted by atomic mass is 9.86. The number of nitrogens with zero attached hydrogens (tertiary/aromatic N) is 2. The summed E-state index contributed by atoms with van der Waals surface area (Å²) in [5, 5.41) is 0. The van der Waals surface area contributed by atoms with Crippen molar-refractivity contribution in [3.63, 3.8) is 0 Å². The van der Waals surface area contributed by atoms with E-state index in [2.05, 4.69) is 16.8 Å². The fourth-order valence-electron chi connectivity index (χ4n) is 3.64. The average molecular weight is 258 g/mol. The minimum absolute atomic E-state index is 0.194. The summed E-state index contributed by atoms with van der Waals surface area (Å²) in [7, 11) is 2.21. The predicted molar refractivity (Wildman–Crippen MR) is 76.2 cm³/mol. The molecule has 0 saturated carbocycles. The molecule has 2 aliphatic heterocycles. The Morgan fingerprint density at radius 3 is 2.47 bits per heavy atom. The lowest BCUT2D eigenvalue weighted by Gasteiger charge is -2.44. The number of hydrogen-bond acceptors (Lipinski definition) is 2. The minimum atomic E-state index is 0.194. The van der Waals surface area contributed by atoms with Crippen LogP contribution in [0.1, 0.15) is 36.0 Å². The van der Waals surface area contributed by atoms with Gasteiger partial charge in [-0.25, -0.2) is 0 Å². The van der Waals surface area contributed by atoms with E-state index in [0.29, 0.717) is 0 Å². The molecule has 1 aromatic carbocycles. The quantitative estimate of drug-likeness (QED) is 0.772. The number of carbonyl (C=O) groups is 1. The van der Waals surface area contributed by atoms with E-state index in [9.17, 15) is 4.79 Å². The average Bonchev–Trinajstić information content (AvgIpc) is 2.80. The van der Waals surface area contributed by atoms with Crippen molar-refractivity contribution in [2.24, 2.45) is 0 Å². The molecule has 2 heterocycles. The molecule has 19 heavy (non-hydrogen) atoms. The van der Waals surface area contributed by atoms with Crippen LogP contribution in [0.2, 0.25) is 0 Å². The third-order valence-corrected chi connectivity index (χ3v) is 4.81. The van der Waals surface area contributed by atoms with Crippen LogP contribution in [0.15, 0.2) is 30.3 Å². The summed E-state index contributed by atoms with van der Waals surface area (Å²) in [6.45, 7) is 2.98. The van der Waals surface area contributed by atoms with E-state index in [1.807, 2.05) is 30.3 Å². The second-order valence-corrected chi connectivity index (χ2v) is 5.95. The molecule has 102 valence electrons. The first-order valence-electron chi connectivity index (χ1n) is 7.27. The molecule has 1 atom stereocenters. The Morgan fingerprint density at radius 2 is 1.79 bits per heavy atom. The highest BCUT2D eigenvalue weighted by molar-refractivity contribution is 5.94. The van der Waals surface area contributed by atoms with Gasteiger partial charge in [0.05, 0.1) is 0 Å². The number of likely N-dealkylation sites (N-methyl/N-ethyl adjacent to an activating group) is 1. The first kappa shape index (κ1) is 12.7. The van der Waals surface area contributed by atoms with Crippen molar-refractivity contribution < 1.29 is 4.79 Å². The summed E-state index contributed by atoms with van der Waals surface area (Å²) in [5.41, 5.74) is 1.07. The highest BCUT2D eigenvalue weighted by atomic mass is 16.2. The van der Waals surface area contributed by atoms with Gasteiger partial charge in [-0.15, -0.1) is 0 Å². The Labute approximate surface area is 115 Å². The molecule has 0 N–H and O–H groups in total. The standard InChI is InChI=1S/C16H22N2O/c1-17-11-5-9-16(17)10-6-12-18(13-16)15(19)14-7-3-2-4-8-14/h2-4,7-8H,5-6,9-13H2,1H3. The fraction of sp³-hybridized carbons (Fsp3) is 0.562.